The summed E-state index contributed by atoms with van der Waals surface area (Å²) in [7, 11) is 1.67. The van der Waals surface area contributed by atoms with E-state index in [2.05, 4.69) is 37.3 Å². The topological polar surface area (TPSA) is 33.0 Å². The summed E-state index contributed by atoms with van der Waals surface area (Å²) in [6.07, 6.45) is 0.763. The highest BCUT2D eigenvalue weighted by atomic mass is 16.5. The highest BCUT2D eigenvalue weighted by Gasteiger charge is 2.24. The second-order valence-electron chi connectivity index (χ2n) is 5.00. The monoisotopic (exact) mass is 249 g/mol. The average molecular weight is 249 g/mol. The van der Waals surface area contributed by atoms with Crippen LogP contribution in [0.25, 0.3) is 11.1 Å². The van der Waals surface area contributed by atoms with Crippen molar-refractivity contribution in [3.8, 4) is 22.9 Å². The summed E-state index contributed by atoms with van der Waals surface area (Å²) in [4.78, 5) is 0. The fourth-order valence-corrected chi connectivity index (χ4v) is 2.78. The molecule has 0 heterocycles. The quantitative estimate of drug-likeness (QED) is 0.769. The van der Waals surface area contributed by atoms with Gasteiger partial charge in [-0.3, -0.25) is 0 Å². The Hall–Kier alpha value is -2.27. The summed E-state index contributed by atoms with van der Waals surface area (Å²) >= 11 is 0. The van der Waals surface area contributed by atoms with Crippen LogP contribution in [-0.2, 0) is 6.42 Å². The predicted octanol–water partition coefficient (Wildman–Crippen LogP) is 3.83. The smallest absolute Gasteiger partial charge is 0.119 e. The van der Waals surface area contributed by atoms with Crippen molar-refractivity contribution in [2.45, 2.75) is 19.3 Å². The molecule has 2 aromatic rings. The van der Waals surface area contributed by atoms with Crippen LogP contribution in [0.2, 0.25) is 0 Å². The number of hydrogen-bond acceptors (Lipinski definition) is 2. The number of ether oxygens (including phenoxy) is 1. The van der Waals surface area contributed by atoms with Gasteiger partial charge in [-0.25, -0.2) is 0 Å². The number of aryl methyl sites for hydroxylation is 1. The maximum absolute atomic E-state index is 9.38. The first-order chi connectivity index (χ1) is 9.22. The largest absolute Gasteiger partial charge is 0.497 e. The zero-order chi connectivity index (χ0) is 13.4. The van der Waals surface area contributed by atoms with Crippen LogP contribution >= 0.6 is 0 Å². The molecule has 2 heteroatoms. The molecule has 1 unspecified atom stereocenters. The molecule has 0 bridgehead atoms. The van der Waals surface area contributed by atoms with E-state index >= 15 is 0 Å². The Bertz CT molecular complexity index is 682. The van der Waals surface area contributed by atoms with Crippen LogP contribution in [0.5, 0.6) is 5.75 Å². The molecule has 0 saturated heterocycles. The minimum Gasteiger partial charge on any atom is -0.497 e. The molecule has 19 heavy (non-hydrogen) atoms. The Kier molecular flexibility index (Phi) is 2.76. The normalized spacial score (nSPS) is 16.2. The summed E-state index contributed by atoms with van der Waals surface area (Å²) in [5.74, 6) is 0.793. The molecule has 1 aliphatic rings. The zero-order valence-electron chi connectivity index (χ0n) is 11.1. The molecular formula is C17H15NO. The van der Waals surface area contributed by atoms with Gasteiger partial charge in [0.15, 0.2) is 0 Å². The first kappa shape index (κ1) is 11.8. The highest BCUT2D eigenvalue weighted by Crippen LogP contribution is 2.41. The van der Waals surface area contributed by atoms with E-state index in [0.29, 0.717) is 0 Å². The molecule has 2 aromatic carbocycles. The maximum Gasteiger partial charge on any atom is 0.119 e. The van der Waals surface area contributed by atoms with E-state index in [9.17, 15) is 5.26 Å². The third kappa shape index (κ3) is 1.88. The molecule has 2 nitrogen and oxygen atoms in total. The van der Waals surface area contributed by atoms with Gasteiger partial charge in [0.05, 0.1) is 19.1 Å². The molecule has 0 radical (unpaired) electrons. The zero-order valence-corrected chi connectivity index (χ0v) is 11.1. The van der Waals surface area contributed by atoms with Crippen LogP contribution in [0.3, 0.4) is 0 Å². The highest BCUT2D eigenvalue weighted by molar-refractivity contribution is 5.76. The lowest BCUT2D eigenvalue weighted by Crippen LogP contribution is -2.10. The standard InChI is InChI=1S/C17H15NO/c1-11-3-5-16-13(10-18)8-12-9-14(19-2)4-6-15(12)17(16)7-11/h3-7,9,13H,8H2,1-2H3. The van der Waals surface area contributed by atoms with E-state index in [1.54, 1.807) is 7.11 Å². The lowest BCUT2D eigenvalue weighted by Gasteiger charge is -2.24. The number of hydrogen-bond donors (Lipinski definition) is 0. The average Bonchev–Trinajstić information content (AvgIpc) is 2.45. The second-order valence-corrected chi connectivity index (χ2v) is 5.00. The number of benzene rings is 2. The van der Waals surface area contributed by atoms with Gasteiger partial charge in [0.2, 0.25) is 0 Å². The Morgan fingerprint density at radius 2 is 2.00 bits per heavy atom. The molecule has 1 aliphatic carbocycles. The SMILES string of the molecule is COc1ccc2c(c1)CC(C#N)c1ccc(C)cc1-2. The Labute approximate surface area is 113 Å². The van der Waals surface area contributed by atoms with Gasteiger partial charge in [0, 0.05) is 0 Å². The number of methoxy groups -OCH3 is 1. The van der Waals surface area contributed by atoms with E-state index in [0.717, 1.165) is 17.7 Å². The van der Waals surface area contributed by atoms with Gasteiger partial charge in [-0.2, -0.15) is 5.26 Å². The van der Waals surface area contributed by atoms with Crippen molar-refractivity contribution in [3.63, 3.8) is 0 Å². The van der Waals surface area contributed by atoms with Crippen molar-refractivity contribution in [1.29, 1.82) is 5.26 Å². The summed E-state index contributed by atoms with van der Waals surface area (Å²) in [5.41, 5.74) is 5.98. The van der Waals surface area contributed by atoms with Crippen LogP contribution in [0.15, 0.2) is 36.4 Å². The molecule has 0 N–H and O–H groups in total. The van der Waals surface area contributed by atoms with E-state index in [4.69, 9.17) is 4.74 Å². The van der Waals surface area contributed by atoms with E-state index in [-0.39, 0.29) is 5.92 Å². The van der Waals surface area contributed by atoms with Gasteiger partial charge in [-0.15, -0.1) is 0 Å². The summed E-state index contributed by atoms with van der Waals surface area (Å²) in [6.45, 7) is 2.08. The fourth-order valence-electron chi connectivity index (χ4n) is 2.78. The van der Waals surface area contributed by atoms with E-state index in [1.165, 1.54) is 22.3 Å². The van der Waals surface area contributed by atoms with Crippen LogP contribution in [0, 0.1) is 18.3 Å². The van der Waals surface area contributed by atoms with Crippen LogP contribution in [0.4, 0.5) is 0 Å². The van der Waals surface area contributed by atoms with Crippen LogP contribution < -0.4 is 4.74 Å². The van der Waals surface area contributed by atoms with Gasteiger partial charge in [-0.05, 0) is 47.7 Å². The molecule has 0 aromatic heterocycles. The van der Waals surface area contributed by atoms with Crippen molar-refractivity contribution in [1.82, 2.24) is 0 Å². The molecule has 0 spiro atoms. The Morgan fingerprint density at radius 1 is 1.16 bits per heavy atom. The Morgan fingerprint density at radius 3 is 2.74 bits per heavy atom. The Balaban J connectivity index is 2.24. The minimum absolute atomic E-state index is 0.0600. The lowest BCUT2D eigenvalue weighted by molar-refractivity contribution is 0.414. The maximum atomic E-state index is 9.38. The fraction of sp³-hybridized carbons (Fsp3) is 0.235. The van der Waals surface area contributed by atoms with E-state index < -0.39 is 0 Å². The molecule has 0 saturated carbocycles. The van der Waals surface area contributed by atoms with Gasteiger partial charge < -0.3 is 4.74 Å². The van der Waals surface area contributed by atoms with Crippen LogP contribution in [-0.4, -0.2) is 7.11 Å². The summed E-state index contributed by atoms with van der Waals surface area (Å²) in [5, 5.41) is 9.38. The van der Waals surface area contributed by atoms with Gasteiger partial charge in [0.25, 0.3) is 0 Å². The van der Waals surface area contributed by atoms with Crippen molar-refractivity contribution >= 4 is 0 Å². The van der Waals surface area contributed by atoms with Crippen molar-refractivity contribution in [2.75, 3.05) is 7.11 Å². The molecule has 0 amide bonds. The number of nitriles is 1. The molecule has 94 valence electrons. The lowest BCUT2D eigenvalue weighted by atomic mass is 9.79. The molecule has 0 fully saturated rings. The van der Waals surface area contributed by atoms with Crippen molar-refractivity contribution in [3.05, 3.63) is 53.1 Å². The number of rotatable bonds is 1. The second kappa shape index (κ2) is 4.44. The minimum atomic E-state index is -0.0600. The van der Waals surface area contributed by atoms with Gasteiger partial charge in [-0.1, -0.05) is 29.8 Å². The third-order valence-corrected chi connectivity index (χ3v) is 3.77. The van der Waals surface area contributed by atoms with Crippen LogP contribution in [0.1, 0.15) is 22.6 Å². The first-order valence-electron chi connectivity index (χ1n) is 6.40. The molecular weight excluding hydrogens is 234 g/mol. The predicted molar refractivity (Wildman–Crippen MR) is 75.2 cm³/mol. The molecule has 3 rings (SSSR count). The summed E-state index contributed by atoms with van der Waals surface area (Å²) in [6, 6.07) is 14.9. The van der Waals surface area contributed by atoms with Crippen molar-refractivity contribution in [2.24, 2.45) is 0 Å². The van der Waals surface area contributed by atoms with Gasteiger partial charge in [0.1, 0.15) is 5.75 Å². The molecule has 1 atom stereocenters. The third-order valence-electron chi connectivity index (χ3n) is 3.77. The molecule has 0 aliphatic heterocycles. The van der Waals surface area contributed by atoms with E-state index in [1.807, 2.05) is 12.1 Å². The summed E-state index contributed by atoms with van der Waals surface area (Å²) < 4.78 is 5.28. The van der Waals surface area contributed by atoms with Gasteiger partial charge >= 0.3 is 0 Å². The number of nitrogens with zero attached hydrogens (tertiary/aromatic N) is 1. The first-order valence-corrected chi connectivity index (χ1v) is 6.40. The van der Waals surface area contributed by atoms with Crippen molar-refractivity contribution < 1.29 is 4.74 Å². The number of fused-ring (bicyclic) bond motifs is 3.